The number of hydrogen-bond acceptors (Lipinski definition) is 5. The Morgan fingerprint density at radius 3 is 2.23 bits per heavy atom. The molecular formula is C20H33NO5. The van der Waals surface area contributed by atoms with Gasteiger partial charge in [-0.05, 0) is 64.5 Å². The lowest BCUT2D eigenvalue weighted by atomic mass is 9.87. The number of ether oxygens (including phenoxy) is 3. The van der Waals surface area contributed by atoms with Gasteiger partial charge in [-0.2, -0.15) is 0 Å². The zero-order chi connectivity index (χ0) is 19.7. The lowest BCUT2D eigenvalue weighted by Crippen LogP contribution is -2.46. The molecule has 0 heterocycles. The van der Waals surface area contributed by atoms with E-state index in [1.54, 1.807) is 6.92 Å². The second-order valence-corrected chi connectivity index (χ2v) is 6.75. The molecule has 0 aromatic heterocycles. The third-order valence-corrected chi connectivity index (χ3v) is 4.20. The molecule has 1 aromatic carbocycles. The zero-order valence-corrected chi connectivity index (χ0v) is 16.6. The molecule has 0 spiro atoms. The summed E-state index contributed by atoms with van der Waals surface area (Å²) in [5.41, 5.74) is 5.68. The van der Waals surface area contributed by atoms with E-state index in [0.717, 1.165) is 18.4 Å². The monoisotopic (exact) mass is 367 g/mol. The van der Waals surface area contributed by atoms with Crippen molar-refractivity contribution < 1.29 is 24.1 Å². The van der Waals surface area contributed by atoms with Crippen LogP contribution in [0.5, 0.6) is 17.2 Å². The molecule has 6 heteroatoms. The Labute approximate surface area is 156 Å². The molecular weight excluding hydrogens is 334 g/mol. The second-order valence-electron chi connectivity index (χ2n) is 6.75. The van der Waals surface area contributed by atoms with E-state index in [-0.39, 0.29) is 5.92 Å². The van der Waals surface area contributed by atoms with E-state index in [1.807, 2.05) is 39.8 Å². The molecule has 0 aliphatic rings. The maximum Gasteiger partial charge on any atom is 0.323 e. The molecule has 0 saturated carbocycles. The van der Waals surface area contributed by atoms with Crippen LogP contribution in [0.4, 0.5) is 0 Å². The lowest BCUT2D eigenvalue weighted by molar-refractivity contribution is -0.143. The first kappa shape index (κ1) is 22.1. The van der Waals surface area contributed by atoms with Crippen LogP contribution in [0.1, 0.15) is 53.0 Å². The Kier molecular flexibility index (Phi) is 8.72. The van der Waals surface area contributed by atoms with Crippen molar-refractivity contribution in [3.8, 4) is 17.2 Å². The Hall–Kier alpha value is -1.95. The summed E-state index contributed by atoms with van der Waals surface area (Å²) in [5.74, 6) is 1.21. The van der Waals surface area contributed by atoms with Crippen molar-refractivity contribution in [1.29, 1.82) is 0 Å². The molecule has 26 heavy (non-hydrogen) atoms. The fourth-order valence-electron chi connectivity index (χ4n) is 2.95. The molecule has 2 unspecified atom stereocenters. The highest BCUT2D eigenvalue weighted by Gasteiger charge is 2.30. The minimum atomic E-state index is -1.21. The van der Waals surface area contributed by atoms with Crippen LogP contribution in [0, 0.1) is 5.92 Å². The SMILES string of the molecule is CCOc1ccc(CCC(C)CC(C)(N)C(=O)O)c(OCC)c1OCC. The molecule has 0 bridgehead atoms. The van der Waals surface area contributed by atoms with Crippen molar-refractivity contribution in [3.63, 3.8) is 0 Å². The van der Waals surface area contributed by atoms with Crippen LogP contribution in [-0.4, -0.2) is 36.4 Å². The van der Waals surface area contributed by atoms with Crippen LogP contribution in [0.3, 0.4) is 0 Å². The van der Waals surface area contributed by atoms with Crippen LogP contribution >= 0.6 is 0 Å². The predicted octanol–water partition coefficient (Wildman–Crippen LogP) is 3.64. The number of carboxylic acid groups (broad SMARTS) is 1. The molecule has 6 nitrogen and oxygen atoms in total. The quantitative estimate of drug-likeness (QED) is 0.586. The van der Waals surface area contributed by atoms with Gasteiger partial charge in [-0.1, -0.05) is 13.0 Å². The standard InChI is InChI=1S/C20H33NO5/c1-6-24-16-12-11-15(17(25-7-2)18(16)26-8-3)10-9-14(4)13-20(5,21)19(22)23/h11-12,14H,6-10,13,21H2,1-5H3,(H,22,23). The summed E-state index contributed by atoms with van der Waals surface area (Å²) < 4.78 is 17.3. The third-order valence-electron chi connectivity index (χ3n) is 4.20. The van der Waals surface area contributed by atoms with Gasteiger partial charge in [-0.25, -0.2) is 0 Å². The van der Waals surface area contributed by atoms with E-state index >= 15 is 0 Å². The highest BCUT2D eigenvalue weighted by molar-refractivity contribution is 5.77. The smallest absolute Gasteiger partial charge is 0.323 e. The molecule has 0 saturated heterocycles. The highest BCUT2D eigenvalue weighted by Crippen LogP contribution is 2.41. The predicted molar refractivity (Wildman–Crippen MR) is 102 cm³/mol. The fourth-order valence-corrected chi connectivity index (χ4v) is 2.95. The topological polar surface area (TPSA) is 91.0 Å². The lowest BCUT2D eigenvalue weighted by Gasteiger charge is -2.24. The molecule has 0 amide bonds. The van der Waals surface area contributed by atoms with Crippen molar-refractivity contribution in [2.75, 3.05) is 19.8 Å². The molecule has 2 atom stereocenters. The van der Waals surface area contributed by atoms with Crippen molar-refractivity contribution in [3.05, 3.63) is 17.7 Å². The molecule has 148 valence electrons. The summed E-state index contributed by atoms with van der Waals surface area (Å²) in [7, 11) is 0. The van der Waals surface area contributed by atoms with Crippen LogP contribution in [-0.2, 0) is 11.2 Å². The van der Waals surface area contributed by atoms with Gasteiger partial charge >= 0.3 is 5.97 Å². The average molecular weight is 367 g/mol. The number of aliphatic carboxylic acids is 1. The van der Waals surface area contributed by atoms with Crippen LogP contribution in [0.2, 0.25) is 0 Å². The largest absolute Gasteiger partial charge is 0.490 e. The molecule has 0 fully saturated rings. The van der Waals surface area contributed by atoms with E-state index < -0.39 is 11.5 Å². The van der Waals surface area contributed by atoms with Crippen LogP contribution in [0.25, 0.3) is 0 Å². The average Bonchev–Trinajstić information content (AvgIpc) is 2.56. The van der Waals surface area contributed by atoms with E-state index in [0.29, 0.717) is 43.5 Å². The number of hydrogen-bond donors (Lipinski definition) is 2. The van der Waals surface area contributed by atoms with E-state index in [2.05, 4.69) is 0 Å². The zero-order valence-electron chi connectivity index (χ0n) is 16.6. The van der Waals surface area contributed by atoms with Crippen LogP contribution < -0.4 is 19.9 Å². The maximum absolute atomic E-state index is 11.2. The van der Waals surface area contributed by atoms with Gasteiger partial charge in [0.25, 0.3) is 0 Å². The van der Waals surface area contributed by atoms with Gasteiger partial charge in [0.15, 0.2) is 11.5 Å². The van der Waals surface area contributed by atoms with Gasteiger partial charge in [0.2, 0.25) is 5.75 Å². The first-order chi connectivity index (χ1) is 12.3. The summed E-state index contributed by atoms with van der Waals surface area (Å²) in [4.78, 5) is 11.2. The Morgan fingerprint density at radius 1 is 1.12 bits per heavy atom. The van der Waals surface area contributed by atoms with Crippen molar-refractivity contribution in [1.82, 2.24) is 0 Å². The molecule has 1 rings (SSSR count). The Morgan fingerprint density at radius 2 is 1.69 bits per heavy atom. The summed E-state index contributed by atoms with van der Waals surface area (Å²) in [5, 5.41) is 9.19. The minimum Gasteiger partial charge on any atom is -0.490 e. The summed E-state index contributed by atoms with van der Waals surface area (Å²) in [6.45, 7) is 11.0. The summed E-state index contributed by atoms with van der Waals surface area (Å²) in [6.07, 6.45) is 1.97. The first-order valence-electron chi connectivity index (χ1n) is 9.33. The number of benzene rings is 1. The molecule has 0 aliphatic carbocycles. The summed E-state index contributed by atoms with van der Waals surface area (Å²) in [6, 6.07) is 3.89. The van der Waals surface area contributed by atoms with E-state index in [4.69, 9.17) is 19.9 Å². The molecule has 0 radical (unpaired) electrons. The minimum absolute atomic E-state index is 0.165. The van der Waals surface area contributed by atoms with Gasteiger partial charge in [0.1, 0.15) is 5.54 Å². The molecule has 1 aromatic rings. The van der Waals surface area contributed by atoms with Gasteiger partial charge < -0.3 is 25.1 Å². The first-order valence-corrected chi connectivity index (χ1v) is 9.33. The molecule has 0 aliphatic heterocycles. The number of rotatable bonds is 12. The fraction of sp³-hybridized carbons (Fsp3) is 0.650. The van der Waals surface area contributed by atoms with Gasteiger partial charge in [-0.3, -0.25) is 4.79 Å². The van der Waals surface area contributed by atoms with Crippen molar-refractivity contribution in [2.24, 2.45) is 11.7 Å². The van der Waals surface area contributed by atoms with Gasteiger partial charge in [0.05, 0.1) is 19.8 Å². The second kappa shape index (κ2) is 10.3. The Balaban J connectivity index is 2.97. The number of carboxylic acids is 1. The summed E-state index contributed by atoms with van der Waals surface area (Å²) >= 11 is 0. The van der Waals surface area contributed by atoms with E-state index in [9.17, 15) is 9.90 Å². The number of carbonyl (C=O) groups is 1. The van der Waals surface area contributed by atoms with Crippen molar-refractivity contribution in [2.45, 2.75) is 59.4 Å². The van der Waals surface area contributed by atoms with Crippen LogP contribution in [0.15, 0.2) is 12.1 Å². The van der Waals surface area contributed by atoms with E-state index in [1.165, 1.54) is 0 Å². The Bertz CT molecular complexity index is 586. The normalized spacial score (nSPS) is 14.4. The third kappa shape index (κ3) is 6.09. The molecule has 3 N–H and O–H groups in total. The maximum atomic E-state index is 11.2. The number of aryl methyl sites for hydroxylation is 1. The van der Waals surface area contributed by atoms with Gasteiger partial charge in [0, 0.05) is 0 Å². The highest BCUT2D eigenvalue weighted by atomic mass is 16.5. The number of nitrogens with two attached hydrogens (primary N) is 1. The van der Waals surface area contributed by atoms with Crippen molar-refractivity contribution >= 4 is 5.97 Å². The van der Waals surface area contributed by atoms with Gasteiger partial charge in [-0.15, -0.1) is 0 Å².